The number of hydrogen-bond acceptors (Lipinski definition) is 2. The molecular formula is C19H18ClF3N2O2. The molecule has 0 radical (unpaired) electrons. The van der Waals surface area contributed by atoms with Crippen molar-refractivity contribution in [3.05, 3.63) is 58.6 Å². The van der Waals surface area contributed by atoms with E-state index in [0.717, 1.165) is 22.6 Å². The second kappa shape index (κ2) is 8.43. The summed E-state index contributed by atoms with van der Waals surface area (Å²) in [4.78, 5) is 25.1. The van der Waals surface area contributed by atoms with E-state index < -0.39 is 22.7 Å². The van der Waals surface area contributed by atoms with E-state index in [1.807, 2.05) is 13.0 Å². The molecular weight excluding hydrogens is 381 g/mol. The van der Waals surface area contributed by atoms with Gasteiger partial charge in [0.2, 0.25) is 11.8 Å². The van der Waals surface area contributed by atoms with Gasteiger partial charge in [0.15, 0.2) is 0 Å². The van der Waals surface area contributed by atoms with Crippen LogP contribution in [0.1, 0.15) is 24.5 Å². The number of alkyl halides is 3. The van der Waals surface area contributed by atoms with E-state index in [-0.39, 0.29) is 24.6 Å². The van der Waals surface area contributed by atoms with Crippen LogP contribution in [0.3, 0.4) is 0 Å². The Morgan fingerprint density at radius 2 is 1.85 bits per heavy atom. The molecule has 0 heterocycles. The lowest BCUT2D eigenvalue weighted by atomic mass is 10.1. The van der Waals surface area contributed by atoms with E-state index in [4.69, 9.17) is 11.6 Å². The third-order valence-electron chi connectivity index (χ3n) is 3.81. The van der Waals surface area contributed by atoms with Crippen molar-refractivity contribution in [3.63, 3.8) is 0 Å². The number of anilines is 2. The molecule has 0 saturated heterocycles. The van der Waals surface area contributed by atoms with Crippen molar-refractivity contribution < 1.29 is 22.8 Å². The van der Waals surface area contributed by atoms with Crippen molar-refractivity contribution in [1.82, 2.24) is 0 Å². The average Bonchev–Trinajstić information content (AvgIpc) is 2.55. The lowest BCUT2D eigenvalue weighted by molar-refractivity contribution is -0.137. The molecule has 0 aliphatic heterocycles. The summed E-state index contributed by atoms with van der Waals surface area (Å²) in [5, 5.41) is 2.24. The molecule has 4 nitrogen and oxygen atoms in total. The van der Waals surface area contributed by atoms with Gasteiger partial charge in [0.25, 0.3) is 0 Å². The lowest BCUT2D eigenvalue weighted by Gasteiger charge is -2.22. The monoisotopic (exact) mass is 398 g/mol. The minimum atomic E-state index is -4.64. The van der Waals surface area contributed by atoms with Crippen LogP contribution in [-0.4, -0.2) is 18.4 Å². The van der Waals surface area contributed by atoms with E-state index in [1.165, 1.54) is 13.0 Å². The smallest absolute Gasteiger partial charge is 0.326 e. The van der Waals surface area contributed by atoms with Gasteiger partial charge in [-0.2, -0.15) is 13.2 Å². The highest BCUT2D eigenvalue weighted by atomic mass is 35.5. The maximum Gasteiger partial charge on any atom is 0.417 e. The fraction of sp³-hybridized carbons (Fsp3) is 0.263. The fourth-order valence-electron chi connectivity index (χ4n) is 2.53. The molecule has 0 aliphatic rings. The molecule has 2 aromatic rings. The van der Waals surface area contributed by atoms with Gasteiger partial charge in [-0.3, -0.25) is 9.59 Å². The number of nitrogens with one attached hydrogen (secondary N) is 1. The van der Waals surface area contributed by atoms with E-state index in [1.54, 1.807) is 18.2 Å². The topological polar surface area (TPSA) is 49.4 Å². The van der Waals surface area contributed by atoms with Crippen LogP contribution in [0, 0.1) is 6.92 Å². The number of benzene rings is 2. The fourth-order valence-corrected chi connectivity index (χ4v) is 2.75. The summed E-state index contributed by atoms with van der Waals surface area (Å²) < 4.78 is 39.1. The van der Waals surface area contributed by atoms with Gasteiger partial charge in [-0.15, -0.1) is 0 Å². The lowest BCUT2D eigenvalue weighted by Crippen LogP contribution is -2.32. The van der Waals surface area contributed by atoms with Crippen molar-refractivity contribution in [1.29, 1.82) is 0 Å². The van der Waals surface area contributed by atoms with E-state index in [2.05, 4.69) is 5.32 Å². The van der Waals surface area contributed by atoms with Crippen molar-refractivity contribution >= 4 is 34.8 Å². The van der Waals surface area contributed by atoms with Crippen LogP contribution in [0.2, 0.25) is 5.02 Å². The van der Waals surface area contributed by atoms with Crippen molar-refractivity contribution in [3.8, 4) is 0 Å². The quantitative estimate of drug-likeness (QED) is 0.766. The number of carbonyl (C=O) groups is 2. The van der Waals surface area contributed by atoms with Crippen LogP contribution < -0.4 is 10.2 Å². The first-order valence-electron chi connectivity index (χ1n) is 8.09. The van der Waals surface area contributed by atoms with Crippen molar-refractivity contribution in [2.75, 3.05) is 16.8 Å². The van der Waals surface area contributed by atoms with Crippen LogP contribution in [-0.2, 0) is 15.8 Å². The van der Waals surface area contributed by atoms with Crippen LogP contribution in [0.4, 0.5) is 24.5 Å². The first-order chi connectivity index (χ1) is 12.6. The third kappa shape index (κ3) is 5.72. The van der Waals surface area contributed by atoms with Gasteiger partial charge in [-0.25, -0.2) is 0 Å². The molecule has 0 unspecified atom stereocenters. The summed E-state index contributed by atoms with van der Waals surface area (Å²) in [5.74, 6) is -0.828. The maximum absolute atomic E-state index is 13.0. The second-order valence-electron chi connectivity index (χ2n) is 6.00. The summed E-state index contributed by atoms with van der Waals surface area (Å²) >= 11 is 5.61. The molecule has 27 heavy (non-hydrogen) atoms. The SMILES string of the molecule is CC(=O)N(CCC(=O)Nc1cccc(C)c1)c1ccc(Cl)c(C(F)(F)F)c1. The molecule has 0 atom stereocenters. The van der Waals surface area contributed by atoms with E-state index >= 15 is 0 Å². The second-order valence-corrected chi connectivity index (χ2v) is 6.41. The number of amides is 2. The summed E-state index contributed by atoms with van der Waals surface area (Å²) in [6.07, 6.45) is -4.71. The number of rotatable bonds is 5. The molecule has 2 rings (SSSR count). The first kappa shape index (κ1) is 20.8. The van der Waals surface area contributed by atoms with Crippen LogP contribution >= 0.6 is 11.6 Å². The number of halogens is 4. The average molecular weight is 399 g/mol. The molecule has 0 fully saturated rings. The highest BCUT2D eigenvalue weighted by Crippen LogP contribution is 2.37. The summed E-state index contributed by atoms with van der Waals surface area (Å²) in [6, 6.07) is 10.4. The molecule has 0 bridgehead atoms. The Bertz CT molecular complexity index is 853. The Labute approximate surface area is 159 Å². The standard InChI is InChI=1S/C19H18ClF3N2O2/c1-12-4-3-5-14(10-12)24-18(27)8-9-25(13(2)26)15-6-7-17(20)16(11-15)19(21,22)23/h3-7,10-11H,8-9H2,1-2H3,(H,24,27). The van der Waals surface area contributed by atoms with Crippen molar-refractivity contribution in [2.24, 2.45) is 0 Å². The minimum absolute atomic E-state index is 0.0302. The normalized spacial score (nSPS) is 11.2. The van der Waals surface area contributed by atoms with Crippen LogP contribution in [0.5, 0.6) is 0 Å². The van der Waals surface area contributed by atoms with Crippen LogP contribution in [0.25, 0.3) is 0 Å². The Morgan fingerprint density at radius 3 is 2.44 bits per heavy atom. The molecule has 0 saturated carbocycles. The van der Waals surface area contributed by atoms with Crippen molar-refractivity contribution in [2.45, 2.75) is 26.4 Å². The predicted octanol–water partition coefficient (Wildman–Crippen LogP) is 5.05. The zero-order chi connectivity index (χ0) is 20.2. The predicted molar refractivity (Wildman–Crippen MR) is 98.9 cm³/mol. The van der Waals surface area contributed by atoms with Gasteiger partial charge in [0.05, 0.1) is 10.6 Å². The van der Waals surface area contributed by atoms with Gasteiger partial charge < -0.3 is 10.2 Å². The third-order valence-corrected chi connectivity index (χ3v) is 4.14. The molecule has 0 aromatic heterocycles. The Morgan fingerprint density at radius 1 is 1.15 bits per heavy atom. The highest BCUT2D eigenvalue weighted by Gasteiger charge is 2.34. The van der Waals surface area contributed by atoms with Gasteiger partial charge >= 0.3 is 6.18 Å². The van der Waals surface area contributed by atoms with E-state index in [9.17, 15) is 22.8 Å². The van der Waals surface area contributed by atoms with Gasteiger partial charge in [-0.05, 0) is 42.8 Å². The molecule has 1 N–H and O–H groups in total. The highest BCUT2D eigenvalue weighted by molar-refractivity contribution is 6.31. The molecule has 144 valence electrons. The number of aryl methyl sites for hydroxylation is 1. The summed E-state index contributed by atoms with van der Waals surface area (Å²) in [5.41, 5.74) is 0.582. The molecule has 0 aliphatic carbocycles. The first-order valence-corrected chi connectivity index (χ1v) is 8.47. The number of hydrogen-bond donors (Lipinski definition) is 1. The van der Waals surface area contributed by atoms with Crippen LogP contribution in [0.15, 0.2) is 42.5 Å². The van der Waals surface area contributed by atoms with Gasteiger partial charge in [0.1, 0.15) is 0 Å². The zero-order valence-electron chi connectivity index (χ0n) is 14.7. The minimum Gasteiger partial charge on any atom is -0.326 e. The molecule has 2 amide bonds. The zero-order valence-corrected chi connectivity index (χ0v) is 15.5. The molecule has 8 heteroatoms. The Balaban J connectivity index is 2.12. The largest absolute Gasteiger partial charge is 0.417 e. The number of nitrogens with zero attached hydrogens (tertiary/aromatic N) is 1. The van der Waals surface area contributed by atoms with E-state index in [0.29, 0.717) is 5.69 Å². The summed E-state index contributed by atoms with van der Waals surface area (Å²) in [7, 11) is 0. The molecule has 2 aromatic carbocycles. The van der Waals surface area contributed by atoms with Gasteiger partial charge in [-0.1, -0.05) is 23.7 Å². The number of carbonyl (C=O) groups excluding carboxylic acids is 2. The summed E-state index contributed by atoms with van der Waals surface area (Å²) in [6.45, 7) is 3.04. The Hall–Kier alpha value is -2.54. The molecule has 0 spiro atoms. The Kier molecular flexibility index (Phi) is 6.49. The van der Waals surface area contributed by atoms with Gasteiger partial charge in [0, 0.05) is 31.3 Å². The maximum atomic E-state index is 13.0.